The lowest BCUT2D eigenvalue weighted by Crippen LogP contribution is -2.22. The lowest BCUT2D eigenvalue weighted by molar-refractivity contribution is 0.0854. The molecular weight excluding hydrogens is 262 g/mol. The van der Waals surface area contributed by atoms with E-state index < -0.39 is 8.07 Å². The molecule has 0 amide bonds. The summed E-state index contributed by atoms with van der Waals surface area (Å²) in [4.78, 5) is 0. The molecule has 0 unspecified atom stereocenters. The highest BCUT2D eigenvalue weighted by molar-refractivity contribution is 9.10. The summed E-state index contributed by atoms with van der Waals surface area (Å²) in [5, 5.41) is 7.55. The zero-order valence-corrected chi connectivity index (χ0v) is 11.4. The summed E-state index contributed by atoms with van der Waals surface area (Å²) in [6.07, 6.45) is 1.65. The Bertz CT molecular complexity index is 284. The van der Waals surface area contributed by atoms with Gasteiger partial charge in [0.1, 0.15) is 13.1 Å². The van der Waals surface area contributed by atoms with Crippen LogP contribution in [0.5, 0.6) is 0 Å². The molecule has 0 aliphatic carbocycles. The predicted molar refractivity (Wildman–Crippen MR) is 61.8 cm³/mol. The van der Waals surface area contributed by atoms with Crippen LogP contribution in [0.4, 0.5) is 0 Å². The van der Waals surface area contributed by atoms with Crippen LogP contribution in [0, 0.1) is 0 Å². The summed E-state index contributed by atoms with van der Waals surface area (Å²) in [7, 11) is -0.970. The fraction of sp³-hybridized carbons (Fsp3) is 0.750. The van der Waals surface area contributed by atoms with Gasteiger partial charge in [-0.1, -0.05) is 19.6 Å². The van der Waals surface area contributed by atoms with Crippen LogP contribution in [0.3, 0.4) is 0 Å². The van der Waals surface area contributed by atoms with Gasteiger partial charge in [0.15, 0.2) is 0 Å². The molecule has 0 aliphatic rings. The summed E-state index contributed by atoms with van der Waals surface area (Å²) in [5.41, 5.74) is 0. The summed E-state index contributed by atoms with van der Waals surface area (Å²) in [6.45, 7) is 8.36. The molecular formula is C8H16BrN3OSi. The summed E-state index contributed by atoms with van der Waals surface area (Å²) < 4.78 is 8.06. The third kappa shape index (κ3) is 4.34. The summed E-state index contributed by atoms with van der Waals surface area (Å²) >= 11 is 3.28. The molecule has 0 aromatic carbocycles. The van der Waals surface area contributed by atoms with Crippen molar-refractivity contribution in [1.29, 1.82) is 0 Å². The van der Waals surface area contributed by atoms with Crippen LogP contribution in [0.15, 0.2) is 11.1 Å². The highest BCUT2D eigenvalue weighted by atomic mass is 79.9. The topological polar surface area (TPSA) is 39.9 Å². The van der Waals surface area contributed by atoms with Gasteiger partial charge >= 0.3 is 0 Å². The molecule has 0 N–H and O–H groups in total. The lowest BCUT2D eigenvalue weighted by atomic mass is 10.8. The third-order valence-electron chi connectivity index (χ3n) is 1.80. The van der Waals surface area contributed by atoms with Gasteiger partial charge in [0, 0.05) is 14.7 Å². The number of halogens is 1. The van der Waals surface area contributed by atoms with Gasteiger partial charge in [0.25, 0.3) is 0 Å². The van der Waals surface area contributed by atoms with E-state index in [1.165, 1.54) is 6.04 Å². The van der Waals surface area contributed by atoms with Gasteiger partial charge in [0.05, 0.1) is 0 Å². The average molecular weight is 278 g/mol. The van der Waals surface area contributed by atoms with Crippen molar-refractivity contribution in [2.75, 3.05) is 6.61 Å². The van der Waals surface area contributed by atoms with Crippen LogP contribution >= 0.6 is 15.9 Å². The maximum atomic E-state index is 5.52. The van der Waals surface area contributed by atoms with Crippen LogP contribution in [-0.2, 0) is 11.5 Å². The van der Waals surface area contributed by atoms with E-state index in [1.54, 1.807) is 6.33 Å². The third-order valence-corrected chi connectivity index (χ3v) is 4.11. The number of aromatic nitrogens is 3. The highest BCUT2D eigenvalue weighted by Gasteiger charge is 2.12. The number of rotatable bonds is 5. The molecule has 80 valence electrons. The van der Waals surface area contributed by atoms with Gasteiger partial charge in [-0.15, -0.1) is 10.2 Å². The van der Waals surface area contributed by atoms with Crippen molar-refractivity contribution in [2.45, 2.75) is 32.4 Å². The quantitative estimate of drug-likeness (QED) is 0.613. The Morgan fingerprint density at radius 1 is 1.50 bits per heavy atom. The summed E-state index contributed by atoms with van der Waals surface area (Å²) in [6, 6.07) is 1.19. The largest absolute Gasteiger partial charge is 0.361 e. The van der Waals surface area contributed by atoms with Gasteiger partial charge in [-0.3, -0.25) is 4.57 Å². The zero-order valence-electron chi connectivity index (χ0n) is 8.83. The van der Waals surface area contributed by atoms with Gasteiger partial charge in [-0.25, -0.2) is 0 Å². The maximum absolute atomic E-state index is 5.52. The van der Waals surface area contributed by atoms with E-state index in [1.807, 2.05) is 4.57 Å². The molecule has 0 aliphatic heterocycles. The number of hydrogen-bond donors (Lipinski definition) is 0. The Morgan fingerprint density at radius 2 is 2.21 bits per heavy atom. The van der Waals surface area contributed by atoms with Crippen LogP contribution in [0.2, 0.25) is 25.7 Å². The second kappa shape index (κ2) is 5.04. The molecule has 1 rings (SSSR count). The SMILES string of the molecule is C[Si](C)(C)CCOCn1cnnc1Br. The average Bonchev–Trinajstić information content (AvgIpc) is 2.44. The first-order valence-corrected chi connectivity index (χ1v) is 9.10. The van der Waals surface area contributed by atoms with E-state index in [2.05, 4.69) is 45.8 Å². The first-order chi connectivity index (χ1) is 6.49. The second-order valence-corrected chi connectivity index (χ2v) is 10.7. The highest BCUT2D eigenvalue weighted by Crippen LogP contribution is 2.09. The summed E-state index contributed by atoms with van der Waals surface area (Å²) in [5.74, 6) is 0. The Morgan fingerprint density at radius 3 is 2.71 bits per heavy atom. The van der Waals surface area contributed by atoms with E-state index in [0.29, 0.717) is 11.5 Å². The minimum absolute atomic E-state index is 0.526. The van der Waals surface area contributed by atoms with Crippen LogP contribution < -0.4 is 0 Å². The van der Waals surface area contributed by atoms with Gasteiger partial charge in [-0.2, -0.15) is 0 Å². The molecule has 0 atom stereocenters. The molecule has 0 bridgehead atoms. The van der Waals surface area contributed by atoms with Crippen molar-refractivity contribution in [3.63, 3.8) is 0 Å². The monoisotopic (exact) mass is 277 g/mol. The Labute approximate surface area is 93.8 Å². The molecule has 0 fully saturated rings. The minimum Gasteiger partial charge on any atom is -0.361 e. The van der Waals surface area contributed by atoms with Gasteiger partial charge in [0.2, 0.25) is 4.73 Å². The normalized spacial score (nSPS) is 12.0. The molecule has 0 radical (unpaired) electrons. The lowest BCUT2D eigenvalue weighted by Gasteiger charge is -2.15. The van der Waals surface area contributed by atoms with Crippen molar-refractivity contribution >= 4 is 24.0 Å². The van der Waals surface area contributed by atoms with E-state index >= 15 is 0 Å². The zero-order chi connectivity index (χ0) is 10.6. The maximum Gasteiger partial charge on any atom is 0.201 e. The van der Waals surface area contributed by atoms with Crippen molar-refractivity contribution in [3.05, 3.63) is 11.1 Å². The van der Waals surface area contributed by atoms with E-state index in [0.717, 1.165) is 6.61 Å². The number of hydrogen-bond acceptors (Lipinski definition) is 3. The smallest absolute Gasteiger partial charge is 0.201 e. The van der Waals surface area contributed by atoms with Gasteiger partial charge in [-0.05, 0) is 22.0 Å². The molecule has 1 aromatic heterocycles. The molecule has 0 spiro atoms. The molecule has 0 saturated carbocycles. The molecule has 6 heteroatoms. The first-order valence-electron chi connectivity index (χ1n) is 4.60. The second-order valence-electron chi connectivity index (χ2n) is 4.42. The van der Waals surface area contributed by atoms with Crippen LogP contribution in [-0.4, -0.2) is 29.4 Å². The minimum atomic E-state index is -0.970. The van der Waals surface area contributed by atoms with E-state index in [4.69, 9.17) is 4.74 Å². The molecule has 0 saturated heterocycles. The Kier molecular flexibility index (Phi) is 4.27. The van der Waals surface area contributed by atoms with Crippen molar-refractivity contribution in [2.24, 2.45) is 0 Å². The molecule has 1 heterocycles. The van der Waals surface area contributed by atoms with Crippen molar-refractivity contribution in [1.82, 2.24) is 14.8 Å². The predicted octanol–water partition coefficient (Wildman–Crippen LogP) is 2.35. The van der Waals surface area contributed by atoms with Crippen LogP contribution in [0.1, 0.15) is 0 Å². The fourth-order valence-electron chi connectivity index (χ4n) is 0.869. The Hall–Kier alpha value is -0.203. The van der Waals surface area contributed by atoms with Gasteiger partial charge < -0.3 is 4.74 Å². The van der Waals surface area contributed by atoms with Crippen LogP contribution in [0.25, 0.3) is 0 Å². The Balaban J connectivity index is 2.20. The molecule has 1 aromatic rings. The standard InChI is InChI=1S/C8H16BrN3OSi/c1-14(2,3)5-4-13-7-12-6-10-11-8(12)9/h6H,4-5,7H2,1-3H3. The first kappa shape index (κ1) is 11.9. The van der Waals surface area contributed by atoms with E-state index in [-0.39, 0.29) is 0 Å². The fourth-order valence-corrected chi connectivity index (χ4v) is 1.91. The molecule has 14 heavy (non-hydrogen) atoms. The van der Waals surface area contributed by atoms with E-state index in [9.17, 15) is 0 Å². The number of ether oxygens (including phenoxy) is 1. The van der Waals surface area contributed by atoms with Crippen molar-refractivity contribution in [3.8, 4) is 0 Å². The van der Waals surface area contributed by atoms with Crippen molar-refractivity contribution < 1.29 is 4.74 Å². The molecule has 4 nitrogen and oxygen atoms in total. The number of nitrogens with zero attached hydrogens (tertiary/aromatic N) is 3.